The summed E-state index contributed by atoms with van der Waals surface area (Å²) in [5, 5.41) is 13.1. The van der Waals surface area contributed by atoms with Crippen molar-refractivity contribution in [1.29, 1.82) is 0 Å². The molecule has 1 aromatic heterocycles. The number of unbranched alkanes of at least 4 members (excludes halogenated alkanes) is 1. The Labute approximate surface area is 182 Å². The SMILES string of the molecule is CCCCOc1ccc(NC(=O)N2CCC(Oc3nncc4ccccc34)CC2)cc1. The highest BCUT2D eigenvalue weighted by atomic mass is 16.5. The largest absolute Gasteiger partial charge is 0.494 e. The van der Waals surface area contributed by atoms with Crippen LogP contribution >= 0.6 is 0 Å². The van der Waals surface area contributed by atoms with Crippen LogP contribution in [0.2, 0.25) is 0 Å². The summed E-state index contributed by atoms with van der Waals surface area (Å²) in [6.45, 7) is 4.11. The molecule has 0 radical (unpaired) electrons. The fraction of sp³-hybridized carbons (Fsp3) is 0.375. The van der Waals surface area contributed by atoms with Crippen molar-refractivity contribution in [2.45, 2.75) is 38.7 Å². The van der Waals surface area contributed by atoms with Crippen molar-refractivity contribution < 1.29 is 14.3 Å². The number of nitrogens with zero attached hydrogens (tertiary/aromatic N) is 3. The van der Waals surface area contributed by atoms with E-state index in [1.807, 2.05) is 53.4 Å². The molecule has 1 aliphatic heterocycles. The molecule has 31 heavy (non-hydrogen) atoms. The lowest BCUT2D eigenvalue weighted by Gasteiger charge is -2.32. The molecule has 1 fully saturated rings. The molecule has 2 amide bonds. The van der Waals surface area contributed by atoms with Crippen molar-refractivity contribution >= 4 is 22.5 Å². The van der Waals surface area contributed by atoms with Gasteiger partial charge in [0.2, 0.25) is 5.88 Å². The van der Waals surface area contributed by atoms with Crippen LogP contribution in [-0.2, 0) is 0 Å². The number of piperidine rings is 1. The number of carbonyl (C=O) groups is 1. The fourth-order valence-corrected chi connectivity index (χ4v) is 3.59. The van der Waals surface area contributed by atoms with Gasteiger partial charge in [0.15, 0.2) is 0 Å². The minimum atomic E-state index is -0.0944. The fourth-order valence-electron chi connectivity index (χ4n) is 3.59. The number of rotatable bonds is 7. The van der Waals surface area contributed by atoms with Gasteiger partial charge in [0.05, 0.1) is 12.8 Å². The van der Waals surface area contributed by atoms with E-state index in [0.717, 1.165) is 47.9 Å². The van der Waals surface area contributed by atoms with Crippen molar-refractivity contribution in [2.75, 3.05) is 25.0 Å². The zero-order valence-electron chi connectivity index (χ0n) is 17.8. The second-order valence-corrected chi connectivity index (χ2v) is 7.70. The number of urea groups is 1. The summed E-state index contributed by atoms with van der Waals surface area (Å²) in [4.78, 5) is 14.4. The average molecular weight is 421 g/mol. The summed E-state index contributed by atoms with van der Waals surface area (Å²) in [6, 6.07) is 15.3. The summed E-state index contributed by atoms with van der Waals surface area (Å²) in [5.74, 6) is 1.38. The molecule has 2 heterocycles. The van der Waals surface area contributed by atoms with Crippen LogP contribution < -0.4 is 14.8 Å². The Morgan fingerprint density at radius 3 is 2.68 bits per heavy atom. The van der Waals surface area contributed by atoms with Crippen LogP contribution in [0.1, 0.15) is 32.6 Å². The monoisotopic (exact) mass is 420 g/mol. The first-order valence-corrected chi connectivity index (χ1v) is 10.9. The first-order chi connectivity index (χ1) is 15.2. The molecule has 1 N–H and O–H groups in total. The van der Waals surface area contributed by atoms with Gasteiger partial charge in [0.25, 0.3) is 0 Å². The van der Waals surface area contributed by atoms with Gasteiger partial charge in [-0.2, -0.15) is 5.10 Å². The molecular weight excluding hydrogens is 392 g/mol. The molecule has 0 saturated carbocycles. The molecule has 0 spiro atoms. The standard InChI is InChI=1S/C24H28N4O3/c1-2-3-16-30-20-10-8-19(9-11-20)26-24(29)28-14-12-21(13-15-28)31-23-22-7-5-4-6-18(22)17-25-27-23/h4-11,17,21H,2-3,12-16H2,1H3,(H,26,29). The van der Waals surface area contributed by atoms with Crippen LogP contribution in [-0.4, -0.2) is 46.9 Å². The zero-order valence-corrected chi connectivity index (χ0v) is 17.8. The third-order valence-electron chi connectivity index (χ3n) is 5.42. The van der Waals surface area contributed by atoms with Crippen LogP contribution in [0.25, 0.3) is 10.8 Å². The number of benzene rings is 2. The van der Waals surface area contributed by atoms with Crippen molar-refractivity contribution in [1.82, 2.24) is 15.1 Å². The Hall–Kier alpha value is -3.35. The van der Waals surface area contributed by atoms with Gasteiger partial charge in [0.1, 0.15) is 11.9 Å². The molecule has 0 unspecified atom stereocenters. The number of nitrogens with one attached hydrogen (secondary N) is 1. The van der Waals surface area contributed by atoms with Crippen molar-refractivity contribution in [3.8, 4) is 11.6 Å². The quantitative estimate of drug-likeness (QED) is 0.551. The van der Waals surface area contributed by atoms with E-state index >= 15 is 0 Å². The summed E-state index contributed by atoms with van der Waals surface area (Å²) < 4.78 is 11.8. The Kier molecular flexibility index (Phi) is 6.82. The summed E-state index contributed by atoms with van der Waals surface area (Å²) >= 11 is 0. The maximum absolute atomic E-state index is 12.6. The van der Waals surface area contributed by atoms with Crippen LogP contribution in [0.4, 0.5) is 10.5 Å². The maximum atomic E-state index is 12.6. The molecule has 3 aromatic rings. The van der Waals surface area contributed by atoms with E-state index in [2.05, 4.69) is 22.4 Å². The third kappa shape index (κ3) is 5.42. The van der Waals surface area contributed by atoms with Crippen molar-refractivity contribution in [2.24, 2.45) is 0 Å². The van der Waals surface area contributed by atoms with Crippen LogP contribution in [0.3, 0.4) is 0 Å². The molecule has 1 aliphatic rings. The molecule has 0 atom stereocenters. The lowest BCUT2D eigenvalue weighted by atomic mass is 10.1. The predicted molar refractivity (Wildman–Crippen MR) is 121 cm³/mol. The number of carbonyl (C=O) groups excluding carboxylic acids is 1. The normalized spacial score (nSPS) is 14.4. The number of anilines is 1. The van der Waals surface area contributed by atoms with E-state index in [1.165, 1.54) is 0 Å². The van der Waals surface area contributed by atoms with Crippen LogP contribution in [0.15, 0.2) is 54.7 Å². The first kappa shape index (κ1) is 20.9. The van der Waals surface area contributed by atoms with E-state index in [-0.39, 0.29) is 12.1 Å². The van der Waals surface area contributed by atoms with Gasteiger partial charge in [-0.1, -0.05) is 31.5 Å². The van der Waals surface area contributed by atoms with Crippen LogP contribution in [0.5, 0.6) is 11.6 Å². The predicted octanol–water partition coefficient (Wildman–Crippen LogP) is 4.88. The molecule has 7 heteroatoms. The lowest BCUT2D eigenvalue weighted by Crippen LogP contribution is -2.43. The number of aromatic nitrogens is 2. The van der Waals surface area contributed by atoms with Crippen molar-refractivity contribution in [3.05, 3.63) is 54.7 Å². The lowest BCUT2D eigenvalue weighted by molar-refractivity contribution is 0.112. The summed E-state index contributed by atoms with van der Waals surface area (Å²) in [5.41, 5.74) is 0.761. The highest BCUT2D eigenvalue weighted by Crippen LogP contribution is 2.25. The van der Waals surface area contributed by atoms with Gasteiger partial charge in [-0.3, -0.25) is 0 Å². The minimum Gasteiger partial charge on any atom is -0.494 e. The van der Waals surface area contributed by atoms with Gasteiger partial charge >= 0.3 is 6.03 Å². The Morgan fingerprint density at radius 1 is 1.13 bits per heavy atom. The number of ether oxygens (including phenoxy) is 2. The van der Waals surface area contributed by atoms with Crippen molar-refractivity contribution in [3.63, 3.8) is 0 Å². The molecule has 0 aliphatic carbocycles. The second kappa shape index (κ2) is 10.1. The smallest absolute Gasteiger partial charge is 0.321 e. The molecule has 1 saturated heterocycles. The number of hydrogen-bond donors (Lipinski definition) is 1. The van der Waals surface area contributed by atoms with Gasteiger partial charge in [-0.15, -0.1) is 5.10 Å². The highest BCUT2D eigenvalue weighted by Gasteiger charge is 2.25. The molecule has 162 valence electrons. The van der Waals surface area contributed by atoms with Gasteiger partial charge < -0.3 is 19.7 Å². The van der Waals surface area contributed by atoms with Gasteiger partial charge in [0, 0.05) is 42.4 Å². The molecule has 2 aromatic carbocycles. The highest BCUT2D eigenvalue weighted by molar-refractivity contribution is 5.89. The second-order valence-electron chi connectivity index (χ2n) is 7.70. The average Bonchev–Trinajstić information content (AvgIpc) is 2.81. The van der Waals surface area contributed by atoms with E-state index in [1.54, 1.807) is 6.20 Å². The molecular formula is C24H28N4O3. The number of fused-ring (bicyclic) bond motifs is 1. The van der Waals surface area contributed by atoms with Gasteiger partial charge in [-0.05, 0) is 36.8 Å². The Bertz CT molecular complexity index is 996. The summed E-state index contributed by atoms with van der Waals surface area (Å²) in [7, 11) is 0. The van der Waals surface area contributed by atoms with Gasteiger partial charge in [-0.25, -0.2) is 4.79 Å². The number of hydrogen-bond acceptors (Lipinski definition) is 5. The third-order valence-corrected chi connectivity index (χ3v) is 5.42. The molecule has 0 bridgehead atoms. The molecule has 7 nitrogen and oxygen atoms in total. The zero-order chi connectivity index (χ0) is 21.5. The summed E-state index contributed by atoms with van der Waals surface area (Å²) in [6.07, 6.45) is 5.39. The number of likely N-dealkylation sites (tertiary alicyclic amines) is 1. The Balaban J connectivity index is 1.27. The number of amides is 2. The first-order valence-electron chi connectivity index (χ1n) is 10.9. The van der Waals surface area contributed by atoms with Crippen LogP contribution in [0, 0.1) is 0 Å². The minimum absolute atomic E-state index is 0.0173. The van der Waals surface area contributed by atoms with E-state index < -0.39 is 0 Å². The van der Waals surface area contributed by atoms with E-state index in [9.17, 15) is 4.79 Å². The van der Waals surface area contributed by atoms with E-state index in [4.69, 9.17) is 9.47 Å². The maximum Gasteiger partial charge on any atom is 0.321 e. The van der Waals surface area contributed by atoms with E-state index in [0.29, 0.717) is 25.6 Å². The topological polar surface area (TPSA) is 76.6 Å². The Morgan fingerprint density at radius 2 is 1.90 bits per heavy atom. The molecule has 4 rings (SSSR count).